The van der Waals surface area contributed by atoms with Crippen LogP contribution in [0.5, 0.6) is 5.75 Å². The van der Waals surface area contributed by atoms with Crippen molar-refractivity contribution < 1.29 is 9.53 Å². The van der Waals surface area contributed by atoms with Crippen molar-refractivity contribution in [2.45, 2.75) is 33.3 Å². The quantitative estimate of drug-likeness (QED) is 0.735. The molecule has 2 aromatic carbocycles. The average Bonchev–Trinajstić information content (AvgIpc) is 2.50. The molecule has 0 bridgehead atoms. The molecule has 1 N–H and O–H groups in total. The van der Waals surface area contributed by atoms with Crippen LogP contribution >= 0.6 is 22.6 Å². The number of para-hydroxylation sites is 1. The largest absolute Gasteiger partial charge is 0.481 e. The number of nitrogens with one attached hydrogen (secondary N) is 1. The zero-order valence-corrected chi connectivity index (χ0v) is 15.2. The molecule has 2 rings (SSSR count). The summed E-state index contributed by atoms with van der Waals surface area (Å²) in [5.41, 5.74) is 2.97. The molecule has 3 nitrogen and oxygen atoms in total. The summed E-state index contributed by atoms with van der Waals surface area (Å²) in [5.74, 6) is 0.627. The maximum Gasteiger partial charge on any atom is 0.265 e. The normalized spacial score (nSPS) is 11.8. The number of carbonyl (C=O) groups is 1. The summed E-state index contributed by atoms with van der Waals surface area (Å²) in [6, 6.07) is 13.7. The number of halogens is 1. The van der Waals surface area contributed by atoms with E-state index in [0.717, 1.165) is 32.6 Å². The van der Waals surface area contributed by atoms with Gasteiger partial charge in [-0.05, 0) is 78.3 Å². The Hall–Kier alpha value is -1.56. The number of amides is 1. The highest BCUT2D eigenvalue weighted by molar-refractivity contribution is 14.1. The van der Waals surface area contributed by atoms with Gasteiger partial charge in [-0.3, -0.25) is 4.79 Å². The van der Waals surface area contributed by atoms with E-state index in [9.17, 15) is 4.79 Å². The van der Waals surface area contributed by atoms with Crippen LogP contribution in [0.15, 0.2) is 42.5 Å². The number of hydrogen-bond acceptors (Lipinski definition) is 2. The Morgan fingerprint density at radius 3 is 2.68 bits per heavy atom. The third-order valence-corrected chi connectivity index (χ3v) is 4.14. The van der Waals surface area contributed by atoms with Gasteiger partial charge in [0.25, 0.3) is 5.91 Å². The summed E-state index contributed by atoms with van der Waals surface area (Å²) in [5, 5.41) is 2.93. The van der Waals surface area contributed by atoms with Crippen LogP contribution < -0.4 is 10.1 Å². The van der Waals surface area contributed by atoms with Crippen molar-refractivity contribution in [3.8, 4) is 5.75 Å². The molecule has 0 saturated heterocycles. The smallest absolute Gasteiger partial charge is 0.265 e. The Bertz CT molecular complexity index is 670. The van der Waals surface area contributed by atoms with Crippen molar-refractivity contribution in [3.05, 3.63) is 57.2 Å². The lowest BCUT2D eigenvalue weighted by Gasteiger charge is -2.17. The third kappa shape index (κ3) is 4.22. The Morgan fingerprint density at radius 1 is 1.27 bits per heavy atom. The molecule has 2 aromatic rings. The molecule has 1 unspecified atom stereocenters. The van der Waals surface area contributed by atoms with E-state index in [1.165, 1.54) is 0 Å². The first-order chi connectivity index (χ1) is 10.5. The highest BCUT2D eigenvalue weighted by Crippen LogP contribution is 2.21. The molecule has 0 radical (unpaired) electrons. The molecule has 0 aliphatic rings. The first kappa shape index (κ1) is 16.8. The predicted octanol–water partition coefficient (Wildman–Crippen LogP) is 4.57. The van der Waals surface area contributed by atoms with Gasteiger partial charge in [0.2, 0.25) is 0 Å². The van der Waals surface area contributed by atoms with Gasteiger partial charge in [-0.25, -0.2) is 0 Å². The fraction of sp³-hybridized carbons (Fsp3) is 0.278. The number of ether oxygens (including phenoxy) is 1. The van der Waals surface area contributed by atoms with Crippen molar-refractivity contribution in [2.24, 2.45) is 0 Å². The Labute approximate surface area is 145 Å². The summed E-state index contributed by atoms with van der Waals surface area (Å²) >= 11 is 2.25. The van der Waals surface area contributed by atoms with Gasteiger partial charge in [0.05, 0.1) is 0 Å². The minimum Gasteiger partial charge on any atom is -0.481 e. The summed E-state index contributed by atoms with van der Waals surface area (Å²) in [4.78, 5) is 12.3. The third-order valence-electron chi connectivity index (χ3n) is 3.47. The van der Waals surface area contributed by atoms with E-state index in [4.69, 9.17) is 4.74 Å². The van der Waals surface area contributed by atoms with E-state index >= 15 is 0 Å². The summed E-state index contributed by atoms with van der Waals surface area (Å²) in [6.07, 6.45) is 0.326. The molecular formula is C18H20INO2. The number of aryl methyl sites for hydroxylation is 2. The highest BCUT2D eigenvalue weighted by Gasteiger charge is 2.16. The molecule has 0 aromatic heterocycles. The van der Waals surface area contributed by atoms with Gasteiger partial charge in [-0.1, -0.05) is 25.1 Å². The topological polar surface area (TPSA) is 38.3 Å². The number of carbonyl (C=O) groups excluding carboxylic acids is 1. The van der Waals surface area contributed by atoms with Crippen LogP contribution in [0, 0.1) is 10.5 Å². The minimum atomic E-state index is -0.550. The van der Waals surface area contributed by atoms with Gasteiger partial charge >= 0.3 is 0 Å². The van der Waals surface area contributed by atoms with E-state index in [0.29, 0.717) is 0 Å². The Balaban J connectivity index is 2.06. The standard InChI is InChI=1S/C18H20INO2/c1-4-14-7-5-6-8-17(14)22-13(3)18(21)20-16-10-9-15(19)11-12(16)2/h5-11,13H,4H2,1-3H3,(H,20,21). The number of anilines is 1. The van der Waals surface area contributed by atoms with Crippen molar-refractivity contribution in [1.29, 1.82) is 0 Å². The Morgan fingerprint density at radius 2 is 2.00 bits per heavy atom. The van der Waals surface area contributed by atoms with Crippen molar-refractivity contribution >= 4 is 34.2 Å². The molecule has 1 atom stereocenters. The summed E-state index contributed by atoms with van der Waals surface area (Å²) in [6.45, 7) is 5.82. The lowest BCUT2D eigenvalue weighted by Crippen LogP contribution is -2.30. The molecule has 0 aliphatic carbocycles. The molecular weight excluding hydrogens is 389 g/mol. The Kier molecular flexibility index (Phi) is 5.83. The van der Waals surface area contributed by atoms with Crippen molar-refractivity contribution in [1.82, 2.24) is 0 Å². The van der Waals surface area contributed by atoms with Crippen molar-refractivity contribution in [2.75, 3.05) is 5.32 Å². The van der Waals surface area contributed by atoms with Crippen molar-refractivity contribution in [3.63, 3.8) is 0 Å². The molecule has 1 amide bonds. The van der Waals surface area contributed by atoms with Gasteiger partial charge in [0, 0.05) is 9.26 Å². The minimum absolute atomic E-state index is 0.143. The van der Waals surface area contributed by atoms with E-state index in [2.05, 4.69) is 34.8 Å². The molecule has 0 heterocycles. The molecule has 0 spiro atoms. The van der Waals surface area contributed by atoms with Gasteiger partial charge in [0.15, 0.2) is 6.10 Å². The SMILES string of the molecule is CCc1ccccc1OC(C)C(=O)Nc1ccc(I)cc1C. The van der Waals surface area contributed by atoms with Gasteiger partial charge < -0.3 is 10.1 Å². The van der Waals surface area contributed by atoms with E-state index < -0.39 is 6.10 Å². The second kappa shape index (κ2) is 7.63. The van der Waals surface area contributed by atoms with E-state index in [-0.39, 0.29) is 5.91 Å². The lowest BCUT2D eigenvalue weighted by atomic mass is 10.1. The maximum absolute atomic E-state index is 12.3. The van der Waals surface area contributed by atoms with Crippen LogP contribution in [0.3, 0.4) is 0 Å². The molecule has 0 fully saturated rings. The molecule has 0 saturated carbocycles. The average molecular weight is 409 g/mol. The monoisotopic (exact) mass is 409 g/mol. The first-order valence-corrected chi connectivity index (χ1v) is 8.40. The lowest BCUT2D eigenvalue weighted by molar-refractivity contribution is -0.122. The number of rotatable bonds is 5. The van der Waals surface area contributed by atoms with E-state index in [1.807, 2.05) is 49.4 Å². The summed E-state index contributed by atoms with van der Waals surface area (Å²) in [7, 11) is 0. The zero-order chi connectivity index (χ0) is 16.1. The van der Waals surface area contributed by atoms with Gasteiger partial charge in [0.1, 0.15) is 5.75 Å². The molecule has 0 aliphatic heterocycles. The van der Waals surface area contributed by atoms with Crippen LogP contribution in [-0.2, 0) is 11.2 Å². The first-order valence-electron chi connectivity index (χ1n) is 7.33. The van der Waals surface area contributed by atoms with Crippen LogP contribution in [0.2, 0.25) is 0 Å². The van der Waals surface area contributed by atoms with Gasteiger partial charge in [-0.15, -0.1) is 0 Å². The van der Waals surface area contributed by atoms with Gasteiger partial charge in [-0.2, -0.15) is 0 Å². The van der Waals surface area contributed by atoms with Crippen LogP contribution in [0.25, 0.3) is 0 Å². The fourth-order valence-electron chi connectivity index (χ4n) is 2.16. The molecule has 4 heteroatoms. The maximum atomic E-state index is 12.3. The second-order valence-electron chi connectivity index (χ2n) is 5.17. The summed E-state index contributed by atoms with van der Waals surface area (Å²) < 4.78 is 6.97. The second-order valence-corrected chi connectivity index (χ2v) is 6.42. The van der Waals surface area contributed by atoms with E-state index in [1.54, 1.807) is 6.92 Å². The fourth-order valence-corrected chi connectivity index (χ4v) is 2.80. The predicted molar refractivity (Wildman–Crippen MR) is 98.4 cm³/mol. The molecule has 22 heavy (non-hydrogen) atoms. The zero-order valence-electron chi connectivity index (χ0n) is 13.0. The number of benzene rings is 2. The number of hydrogen-bond donors (Lipinski definition) is 1. The molecule has 116 valence electrons. The van der Waals surface area contributed by atoms with Crippen LogP contribution in [0.1, 0.15) is 25.0 Å². The van der Waals surface area contributed by atoms with Crippen LogP contribution in [-0.4, -0.2) is 12.0 Å². The highest BCUT2D eigenvalue weighted by atomic mass is 127. The van der Waals surface area contributed by atoms with Crippen LogP contribution in [0.4, 0.5) is 5.69 Å².